The lowest BCUT2D eigenvalue weighted by molar-refractivity contribution is -0.137. The van der Waals surface area contributed by atoms with Crippen molar-refractivity contribution in [1.29, 1.82) is 0 Å². The van der Waals surface area contributed by atoms with Crippen LogP contribution in [0.4, 0.5) is 0 Å². The van der Waals surface area contributed by atoms with E-state index in [9.17, 15) is 0 Å². The molecule has 3 saturated carbocycles. The first-order valence-electron chi connectivity index (χ1n) is 6.15. The zero-order valence-corrected chi connectivity index (χ0v) is 9.30. The molecule has 0 aromatic carbocycles. The van der Waals surface area contributed by atoms with Gasteiger partial charge in [0, 0.05) is 13.2 Å². The highest BCUT2D eigenvalue weighted by molar-refractivity contribution is 4.99. The molecule has 3 rings (SSSR count). The molecule has 1 atom stereocenters. The van der Waals surface area contributed by atoms with Crippen molar-refractivity contribution < 1.29 is 4.74 Å². The van der Waals surface area contributed by atoms with E-state index >= 15 is 0 Å². The van der Waals surface area contributed by atoms with Crippen LogP contribution in [-0.4, -0.2) is 18.8 Å². The number of fused-ring (bicyclic) bond motifs is 3. The van der Waals surface area contributed by atoms with Gasteiger partial charge in [0.25, 0.3) is 0 Å². The predicted octanol–water partition coefficient (Wildman–Crippen LogP) is 2.32. The van der Waals surface area contributed by atoms with Crippen LogP contribution in [0.1, 0.15) is 45.4 Å². The van der Waals surface area contributed by atoms with Crippen molar-refractivity contribution in [2.45, 2.75) is 51.0 Å². The van der Waals surface area contributed by atoms with Crippen LogP contribution in [0.25, 0.3) is 0 Å². The minimum Gasteiger partial charge on any atom is -0.373 e. The topological polar surface area (TPSA) is 35.2 Å². The lowest BCUT2D eigenvalue weighted by Gasteiger charge is -2.51. The summed E-state index contributed by atoms with van der Waals surface area (Å²) in [5, 5.41) is 0. The maximum atomic E-state index is 6.08. The molecular weight excluding hydrogens is 174 g/mol. The molecule has 0 aliphatic heterocycles. The molecule has 82 valence electrons. The van der Waals surface area contributed by atoms with Gasteiger partial charge >= 0.3 is 0 Å². The Bertz CT molecular complexity index is 187. The van der Waals surface area contributed by atoms with Crippen molar-refractivity contribution in [2.24, 2.45) is 17.6 Å². The number of rotatable bonds is 4. The number of hydrogen-bond acceptors (Lipinski definition) is 2. The quantitative estimate of drug-likeness (QED) is 0.750. The standard InChI is InChI=1S/C12H23NO/c1-2-7-14-12(9-13)8-10-3-5-11(12)6-4-10/h10-11H,2-9,13H2,1H3. The molecule has 0 spiro atoms. The van der Waals surface area contributed by atoms with Crippen molar-refractivity contribution in [3.8, 4) is 0 Å². The molecule has 2 nitrogen and oxygen atoms in total. The summed E-state index contributed by atoms with van der Waals surface area (Å²) in [6.07, 6.45) is 7.88. The molecule has 0 heterocycles. The molecule has 0 aromatic heterocycles. The molecule has 3 aliphatic carbocycles. The second-order valence-electron chi connectivity index (χ2n) is 5.04. The van der Waals surface area contributed by atoms with E-state index in [1.54, 1.807) is 0 Å². The Morgan fingerprint density at radius 3 is 2.43 bits per heavy atom. The average Bonchev–Trinajstić information content (AvgIpc) is 2.28. The predicted molar refractivity (Wildman–Crippen MR) is 58.1 cm³/mol. The molecule has 3 fully saturated rings. The second kappa shape index (κ2) is 4.19. The molecular formula is C12H23NO. The Morgan fingerprint density at radius 2 is 2.00 bits per heavy atom. The van der Waals surface area contributed by atoms with E-state index in [4.69, 9.17) is 10.5 Å². The highest BCUT2D eigenvalue weighted by atomic mass is 16.5. The van der Waals surface area contributed by atoms with Gasteiger partial charge in [-0.3, -0.25) is 0 Å². The molecule has 14 heavy (non-hydrogen) atoms. The Labute approximate surface area is 87.2 Å². The summed E-state index contributed by atoms with van der Waals surface area (Å²) >= 11 is 0. The summed E-state index contributed by atoms with van der Waals surface area (Å²) < 4.78 is 6.08. The van der Waals surface area contributed by atoms with E-state index in [-0.39, 0.29) is 5.60 Å². The van der Waals surface area contributed by atoms with E-state index in [0.717, 1.165) is 31.4 Å². The van der Waals surface area contributed by atoms with Gasteiger partial charge < -0.3 is 10.5 Å². The number of ether oxygens (including phenoxy) is 1. The maximum Gasteiger partial charge on any atom is 0.0834 e. The van der Waals surface area contributed by atoms with Crippen LogP contribution in [0.15, 0.2) is 0 Å². The summed E-state index contributed by atoms with van der Waals surface area (Å²) in [7, 11) is 0. The van der Waals surface area contributed by atoms with Gasteiger partial charge in [-0.15, -0.1) is 0 Å². The van der Waals surface area contributed by atoms with Crippen LogP contribution in [0.2, 0.25) is 0 Å². The van der Waals surface area contributed by atoms with E-state index in [0.29, 0.717) is 0 Å². The third-order valence-electron chi connectivity index (χ3n) is 4.16. The van der Waals surface area contributed by atoms with Gasteiger partial charge in [0.2, 0.25) is 0 Å². The maximum absolute atomic E-state index is 6.08. The van der Waals surface area contributed by atoms with E-state index in [1.807, 2.05) is 0 Å². The lowest BCUT2D eigenvalue weighted by Crippen LogP contribution is -2.54. The van der Waals surface area contributed by atoms with Crippen molar-refractivity contribution in [1.82, 2.24) is 0 Å². The highest BCUT2D eigenvalue weighted by Gasteiger charge is 2.47. The first-order valence-corrected chi connectivity index (χ1v) is 6.15. The summed E-state index contributed by atoms with van der Waals surface area (Å²) in [5.74, 6) is 1.66. The van der Waals surface area contributed by atoms with Gasteiger partial charge in [-0.1, -0.05) is 6.92 Å². The van der Waals surface area contributed by atoms with Crippen LogP contribution >= 0.6 is 0 Å². The summed E-state index contributed by atoms with van der Waals surface area (Å²) in [5.41, 5.74) is 6.01. The van der Waals surface area contributed by atoms with Crippen molar-refractivity contribution in [2.75, 3.05) is 13.2 Å². The van der Waals surface area contributed by atoms with Gasteiger partial charge in [0.15, 0.2) is 0 Å². The van der Waals surface area contributed by atoms with E-state index < -0.39 is 0 Å². The fraction of sp³-hybridized carbons (Fsp3) is 1.00. The third kappa shape index (κ3) is 1.70. The highest BCUT2D eigenvalue weighted by Crippen LogP contribution is 2.48. The van der Waals surface area contributed by atoms with E-state index in [1.165, 1.54) is 32.1 Å². The summed E-state index contributed by atoms with van der Waals surface area (Å²) in [4.78, 5) is 0. The lowest BCUT2D eigenvalue weighted by atomic mass is 9.62. The summed E-state index contributed by atoms with van der Waals surface area (Å²) in [6.45, 7) is 3.79. The second-order valence-corrected chi connectivity index (χ2v) is 5.04. The largest absolute Gasteiger partial charge is 0.373 e. The van der Waals surface area contributed by atoms with Gasteiger partial charge in [-0.2, -0.15) is 0 Å². The molecule has 0 saturated heterocycles. The Hall–Kier alpha value is -0.0800. The molecule has 2 N–H and O–H groups in total. The van der Waals surface area contributed by atoms with Crippen LogP contribution in [0.3, 0.4) is 0 Å². The SMILES string of the molecule is CCCOC1(CN)CC2CCC1CC2. The Kier molecular flexibility index (Phi) is 3.13. The number of hydrogen-bond donors (Lipinski definition) is 1. The fourth-order valence-corrected chi connectivity index (χ4v) is 3.34. The van der Waals surface area contributed by atoms with Crippen molar-refractivity contribution in [3.63, 3.8) is 0 Å². The fourth-order valence-electron chi connectivity index (χ4n) is 3.34. The van der Waals surface area contributed by atoms with Gasteiger partial charge in [-0.05, 0) is 50.4 Å². The Balaban J connectivity index is 2.03. The minimum absolute atomic E-state index is 0.0666. The molecule has 0 aromatic rings. The van der Waals surface area contributed by atoms with Crippen LogP contribution in [-0.2, 0) is 4.74 Å². The minimum atomic E-state index is 0.0666. The van der Waals surface area contributed by atoms with Crippen LogP contribution < -0.4 is 5.73 Å². The van der Waals surface area contributed by atoms with Crippen LogP contribution in [0.5, 0.6) is 0 Å². The molecule has 2 bridgehead atoms. The third-order valence-corrected chi connectivity index (χ3v) is 4.16. The zero-order chi connectivity index (χ0) is 10.0. The normalized spacial score (nSPS) is 41.6. The molecule has 0 radical (unpaired) electrons. The molecule has 0 amide bonds. The Morgan fingerprint density at radius 1 is 1.29 bits per heavy atom. The van der Waals surface area contributed by atoms with Crippen molar-refractivity contribution in [3.05, 3.63) is 0 Å². The van der Waals surface area contributed by atoms with Crippen molar-refractivity contribution >= 4 is 0 Å². The molecule has 3 aliphatic rings. The summed E-state index contributed by atoms with van der Waals surface area (Å²) in [6, 6.07) is 0. The monoisotopic (exact) mass is 197 g/mol. The first-order chi connectivity index (χ1) is 6.80. The smallest absolute Gasteiger partial charge is 0.0834 e. The average molecular weight is 197 g/mol. The van der Waals surface area contributed by atoms with Gasteiger partial charge in [0.1, 0.15) is 0 Å². The zero-order valence-electron chi connectivity index (χ0n) is 9.30. The van der Waals surface area contributed by atoms with Gasteiger partial charge in [0.05, 0.1) is 5.60 Å². The first kappa shape index (κ1) is 10.4. The number of nitrogens with two attached hydrogens (primary N) is 1. The van der Waals surface area contributed by atoms with Gasteiger partial charge in [-0.25, -0.2) is 0 Å². The molecule has 1 unspecified atom stereocenters. The molecule has 2 heteroatoms. The van der Waals surface area contributed by atoms with E-state index in [2.05, 4.69) is 6.92 Å². The van der Waals surface area contributed by atoms with Crippen LogP contribution in [0, 0.1) is 11.8 Å².